The lowest BCUT2D eigenvalue weighted by Crippen LogP contribution is -2.31. The predicted molar refractivity (Wildman–Crippen MR) is 90.7 cm³/mol. The third-order valence-corrected chi connectivity index (χ3v) is 5.15. The molecule has 5 nitrogen and oxygen atoms in total. The Kier molecular flexibility index (Phi) is 5.46. The molecule has 0 aliphatic heterocycles. The van der Waals surface area contributed by atoms with E-state index >= 15 is 0 Å². The first-order valence-corrected chi connectivity index (χ1v) is 8.50. The topological polar surface area (TPSA) is 55.8 Å². The molecule has 0 saturated carbocycles. The van der Waals surface area contributed by atoms with E-state index in [1.165, 1.54) is 20.3 Å². The van der Waals surface area contributed by atoms with Crippen molar-refractivity contribution in [2.24, 2.45) is 0 Å². The van der Waals surface area contributed by atoms with Crippen LogP contribution in [0.5, 0.6) is 11.5 Å². The summed E-state index contributed by atoms with van der Waals surface area (Å²) in [7, 11) is -1.45. The number of benzene rings is 2. The van der Waals surface area contributed by atoms with Gasteiger partial charge in [-0.05, 0) is 12.1 Å². The second-order valence-corrected chi connectivity index (χ2v) is 6.63. The van der Waals surface area contributed by atoms with Gasteiger partial charge in [0.25, 0.3) is 10.0 Å². The van der Waals surface area contributed by atoms with Gasteiger partial charge in [0.05, 0.1) is 26.5 Å². The standard InChI is InChI=1S/C17H18FNO4S/c1-4-10-19(13-8-6-5-7-9-13)24(20,21)17-12-16(23-3)15(22-2)11-14(17)18/h4-9,11-12H,1,10H2,2-3H3. The molecular formula is C17H18FNO4S. The smallest absolute Gasteiger partial charge is 0.267 e. The van der Waals surface area contributed by atoms with E-state index in [1.54, 1.807) is 30.3 Å². The molecule has 128 valence electrons. The van der Waals surface area contributed by atoms with Crippen LogP contribution >= 0.6 is 0 Å². The highest BCUT2D eigenvalue weighted by molar-refractivity contribution is 7.92. The highest BCUT2D eigenvalue weighted by Crippen LogP contribution is 2.34. The van der Waals surface area contributed by atoms with Crippen LogP contribution in [0.4, 0.5) is 10.1 Å². The molecule has 7 heteroatoms. The maximum absolute atomic E-state index is 14.4. The number of hydrogen-bond donors (Lipinski definition) is 0. The lowest BCUT2D eigenvalue weighted by molar-refractivity contribution is 0.350. The zero-order valence-electron chi connectivity index (χ0n) is 13.4. The van der Waals surface area contributed by atoms with E-state index in [1.807, 2.05) is 0 Å². The van der Waals surface area contributed by atoms with Crippen molar-refractivity contribution in [3.8, 4) is 11.5 Å². The maximum atomic E-state index is 14.4. The Morgan fingerprint density at radius 2 is 1.71 bits per heavy atom. The van der Waals surface area contributed by atoms with E-state index in [0.717, 1.165) is 16.4 Å². The largest absolute Gasteiger partial charge is 0.493 e. The summed E-state index contributed by atoms with van der Waals surface area (Å²) in [5.74, 6) is -0.675. The Morgan fingerprint density at radius 1 is 1.12 bits per heavy atom. The van der Waals surface area contributed by atoms with Gasteiger partial charge in [-0.3, -0.25) is 4.31 Å². The normalized spacial score (nSPS) is 11.0. The Hall–Kier alpha value is -2.54. The first-order valence-electron chi connectivity index (χ1n) is 7.06. The van der Waals surface area contributed by atoms with Gasteiger partial charge in [0.15, 0.2) is 11.5 Å². The molecule has 0 unspecified atom stereocenters. The summed E-state index contributed by atoms with van der Waals surface area (Å²) in [5, 5.41) is 0. The highest BCUT2D eigenvalue weighted by Gasteiger charge is 2.29. The molecule has 0 aromatic heterocycles. The second-order valence-electron chi connectivity index (χ2n) is 4.80. The van der Waals surface area contributed by atoms with Crippen LogP contribution < -0.4 is 13.8 Å². The monoisotopic (exact) mass is 351 g/mol. The molecule has 0 heterocycles. The number of para-hydroxylation sites is 1. The van der Waals surface area contributed by atoms with E-state index in [9.17, 15) is 12.8 Å². The zero-order valence-corrected chi connectivity index (χ0v) is 14.2. The summed E-state index contributed by atoms with van der Waals surface area (Å²) < 4.78 is 51.4. The van der Waals surface area contributed by atoms with Crippen molar-refractivity contribution in [2.45, 2.75) is 4.90 Å². The van der Waals surface area contributed by atoms with Crippen molar-refractivity contribution in [1.29, 1.82) is 0 Å². The molecule has 0 aliphatic rings. The van der Waals surface area contributed by atoms with Gasteiger partial charge < -0.3 is 9.47 Å². The number of hydrogen-bond acceptors (Lipinski definition) is 4. The van der Waals surface area contributed by atoms with Crippen molar-refractivity contribution in [2.75, 3.05) is 25.1 Å². The van der Waals surface area contributed by atoms with E-state index in [2.05, 4.69) is 6.58 Å². The van der Waals surface area contributed by atoms with Crippen LogP contribution in [-0.2, 0) is 10.0 Å². The number of nitrogens with zero attached hydrogens (tertiary/aromatic N) is 1. The number of halogens is 1. The van der Waals surface area contributed by atoms with Crippen molar-refractivity contribution in [3.05, 3.63) is 60.9 Å². The minimum atomic E-state index is -4.15. The van der Waals surface area contributed by atoms with Gasteiger partial charge in [-0.25, -0.2) is 12.8 Å². The van der Waals surface area contributed by atoms with Crippen LogP contribution in [0.15, 0.2) is 60.0 Å². The average Bonchev–Trinajstić information content (AvgIpc) is 2.59. The quantitative estimate of drug-likeness (QED) is 0.719. The molecule has 2 rings (SSSR count). The van der Waals surface area contributed by atoms with E-state index < -0.39 is 20.7 Å². The molecular weight excluding hydrogens is 333 g/mol. The first kappa shape index (κ1) is 17.8. The van der Waals surface area contributed by atoms with Crippen LogP contribution in [0.1, 0.15) is 0 Å². The zero-order chi connectivity index (χ0) is 17.7. The van der Waals surface area contributed by atoms with E-state index in [0.29, 0.717) is 5.69 Å². The molecule has 0 radical (unpaired) electrons. The van der Waals surface area contributed by atoms with Crippen molar-refractivity contribution < 1.29 is 22.3 Å². The molecule has 0 atom stereocenters. The summed E-state index contributed by atoms with van der Waals surface area (Å²) in [6, 6.07) is 10.5. The number of methoxy groups -OCH3 is 2. The van der Waals surface area contributed by atoms with Crippen LogP contribution in [0, 0.1) is 5.82 Å². The van der Waals surface area contributed by atoms with Crippen LogP contribution in [0.3, 0.4) is 0 Å². The number of sulfonamides is 1. The molecule has 0 saturated heterocycles. The van der Waals surface area contributed by atoms with Crippen molar-refractivity contribution in [3.63, 3.8) is 0 Å². The average molecular weight is 351 g/mol. The van der Waals surface area contributed by atoms with Crippen LogP contribution in [0.25, 0.3) is 0 Å². The van der Waals surface area contributed by atoms with Gasteiger partial charge in [0.2, 0.25) is 0 Å². The van der Waals surface area contributed by atoms with Gasteiger partial charge >= 0.3 is 0 Å². The third-order valence-electron chi connectivity index (χ3n) is 3.35. The van der Waals surface area contributed by atoms with Crippen molar-refractivity contribution >= 4 is 15.7 Å². The molecule has 2 aromatic carbocycles. The molecule has 0 N–H and O–H groups in total. The van der Waals surface area contributed by atoms with Crippen LogP contribution in [-0.4, -0.2) is 29.2 Å². The van der Waals surface area contributed by atoms with Gasteiger partial charge in [-0.2, -0.15) is 0 Å². The van der Waals surface area contributed by atoms with Gasteiger partial charge in [-0.1, -0.05) is 24.3 Å². The predicted octanol–water partition coefficient (Wildman–Crippen LogP) is 3.22. The Bertz CT molecular complexity index is 822. The first-order chi connectivity index (χ1) is 11.5. The molecule has 0 fully saturated rings. The van der Waals surface area contributed by atoms with Crippen LogP contribution in [0.2, 0.25) is 0 Å². The lowest BCUT2D eigenvalue weighted by atomic mass is 10.3. The number of anilines is 1. The minimum Gasteiger partial charge on any atom is -0.493 e. The Morgan fingerprint density at radius 3 is 2.25 bits per heavy atom. The maximum Gasteiger partial charge on any atom is 0.267 e. The summed E-state index contributed by atoms with van der Waals surface area (Å²) in [6.07, 6.45) is 1.43. The fourth-order valence-corrected chi connectivity index (χ4v) is 3.71. The highest BCUT2D eigenvalue weighted by atomic mass is 32.2. The molecule has 2 aromatic rings. The molecule has 0 bridgehead atoms. The lowest BCUT2D eigenvalue weighted by Gasteiger charge is -2.23. The third kappa shape index (κ3) is 3.35. The molecule has 0 aliphatic carbocycles. The fraction of sp³-hybridized carbons (Fsp3) is 0.176. The summed E-state index contributed by atoms with van der Waals surface area (Å²) in [5.41, 5.74) is 0.409. The summed E-state index contributed by atoms with van der Waals surface area (Å²) in [6.45, 7) is 3.57. The van der Waals surface area contributed by atoms with Gasteiger partial charge in [-0.15, -0.1) is 6.58 Å². The fourth-order valence-electron chi connectivity index (χ4n) is 2.21. The number of ether oxygens (including phenoxy) is 2. The SMILES string of the molecule is C=CCN(c1ccccc1)S(=O)(=O)c1cc(OC)c(OC)cc1F. The van der Waals surface area contributed by atoms with Gasteiger partial charge in [0.1, 0.15) is 10.7 Å². The van der Waals surface area contributed by atoms with E-state index in [4.69, 9.17) is 9.47 Å². The Balaban J connectivity index is 2.61. The minimum absolute atomic E-state index is 0.000130. The van der Waals surface area contributed by atoms with E-state index in [-0.39, 0.29) is 18.0 Å². The summed E-state index contributed by atoms with van der Waals surface area (Å²) >= 11 is 0. The van der Waals surface area contributed by atoms with Crippen molar-refractivity contribution in [1.82, 2.24) is 0 Å². The number of rotatable bonds is 7. The molecule has 24 heavy (non-hydrogen) atoms. The van der Waals surface area contributed by atoms with Gasteiger partial charge in [0, 0.05) is 12.1 Å². The summed E-state index contributed by atoms with van der Waals surface area (Å²) in [4.78, 5) is -0.495. The molecule has 0 amide bonds. The Labute approximate surface area is 141 Å². The second kappa shape index (κ2) is 7.35. The molecule has 0 spiro atoms.